The molecule has 1 aromatic carbocycles. The van der Waals surface area contributed by atoms with Crippen molar-refractivity contribution in [3.63, 3.8) is 0 Å². The van der Waals surface area contributed by atoms with Crippen LogP contribution in [-0.2, 0) is 23.4 Å². The number of benzene rings is 1. The molecule has 0 unspecified atom stereocenters. The predicted octanol–water partition coefficient (Wildman–Crippen LogP) is 5.63. The average Bonchev–Trinajstić information content (AvgIpc) is 2.52. The van der Waals surface area contributed by atoms with E-state index in [0.29, 0.717) is 0 Å². The molecule has 0 aliphatic rings. The minimum Gasteiger partial charge on any atom is -0.359 e. The fraction of sp³-hybridized carbons (Fsp3) is 0.650. The van der Waals surface area contributed by atoms with Gasteiger partial charge in [0.05, 0.1) is 0 Å². The van der Waals surface area contributed by atoms with Crippen LogP contribution in [0.3, 0.4) is 0 Å². The molecule has 0 spiro atoms. The zero-order valence-corrected chi connectivity index (χ0v) is 17.9. The third-order valence-electron chi connectivity index (χ3n) is 4.15. The average molecular weight is 368 g/mol. The van der Waals surface area contributed by atoms with E-state index in [0.717, 1.165) is 25.0 Å². The van der Waals surface area contributed by atoms with Crippen LogP contribution in [0.25, 0.3) is 0 Å². The predicted molar refractivity (Wildman–Crippen MR) is 111 cm³/mol. The van der Waals surface area contributed by atoms with Crippen LogP contribution in [0, 0.1) is 5.41 Å². The maximum absolute atomic E-state index is 12.0. The summed E-state index contributed by atoms with van der Waals surface area (Å²) < 4.78 is 0.0522. The molecule has 0 aromatic heterocycles. The van der Waals surface area contributed by atoms with Gasteiger partial charge in [-0.1, -0.05) is 67.5 Å². The van der Waals surface area contributed by atoms with Crippen molar-refractivity contribution in [3.05, 3.63) is 34.9 Å². The van der Waals surface area contributed by atoms with Gasteiger partial charge in [-0.25, -0.2) is 0 Å². The summed E-state index contributed by atoms with van der Waals surface area (Å²) in [6.07, 6.45) is 3.03. The smallest absolute Gasteiger partial charge is 0.225 e. The van der Waals surface area contributed by atoms with Gasteiger partial charge in [0.25, 0.3) is 0 Å². The Morgan fingerprint density at radius 3 is 1.96 bits per heavy atom. The van der Waals surface area contributed by atoms with Crippen LogP contribution < -0.4 is 5.32 Å². The Kier molecular flexibility index (Phi) is 8.21. The van der Waals surface area contributed by atoms with E-state index in [2.05, 4.69) is 51.2 Å². The molecule has 24 heavy (non-hydrogen) atoms. The zero-order chi connectivity index (χ0) is 18.4. The molecular formula is C20H33NOS2. The van der Waals surface area contributed by atoms with Crippen molar-refractivity contribution in [2.45, 2.75) is 71.3 Å². The van der Waals surface area contributed by atoms with Crippen molar-refractivity contribution in [1.82, 2.24) is 5.32 Å². The van der Waals surface area contributed by atoms with Crippen molar-refractivity contribution >= 4 is 27.5 Å². The second-order valence-corrected chi connectivity index (χ2v) is 10.6. The molecule has 0 atom stereocenters. The van der Waals surface area contributed by atoms with Crippen LogP contribution >= 0.6 is 21.6 Å². The Labute approximate surface area is 156 Å². The Hall–Kier alpha value is -0.610. The monoisotopic (exact) mass is 367 g/mol. The van der Waals surface area contributed by atoms with E-state index >= 15 is 0 Å². The van der Waals surface area contributed by atoms with Gasteiger partial charge in [-0.2, -0.15) is 0 Å². The summed E-state index contributed by atoms with van der Waals surface area (Å²) >= 11 is 0. The number of carbonyl (C=O) groups excluding carboxylic acids is 1. The number of hydrogen-bond acceptors (Lipinski definition) is 3. The number of aryl methyl sites for hydroxylation is 2. The molecule has 0 bridgehead atoms. The van der Waals surface area contributed by atoms with Crippen LogP contribution in [0.2, 0.25) is 0 Å². The Bertz CT molecular complexity index is 530. The number of hydrogen-bond donors (Lipinski definition) is 1. The van der Waals surface area contributed by atoms with Crippen LogP contribution in [-0.4, -0.2) is 17.7 Å². The van der Waals surface area contributed by atoms with Crippen molar-refractivity contribution in [3.8, 4) is 0 Å². The fourth-order valence-electron chi connectivity index (χ4n) is 3.10. The first-order valence-electron chi connectivity index (χ1n) is 8.78. The van der Waals surface area contributed by atoms with E-state index < -0.39 is 0 Å². The fourth-order valence-corrected chi connectivity index (χ4v) is 5.92. The third-order valence-corrected chi connectivity index (χ3v) is 7.37. The molecule has 0 saturated carbocycles. The van der Waals surface area contributed by atoms with E-state index in [1.165, 1.54) is 16.7 Å². The van der Waals surface area contributed by atoms with Crippen molar-refractivity contribution < 1.29 is 4.79 Å². The summed E-state index contributed by atoms with van der Waals surface area (Å²) in [7, 11) is 5.50. The van der Waals surface area contributed by atoms with E-state index in [-0.39, 0.29) is 16.1 Å². The minimum absolute atomic E-state index is 0.0522. The van der Waals surface area contributed by atoms with Gasteiger partial charge in [-0.15, -0.1) is 0 Å². The third kappa shape index (κ3) is 6.72. The standard InChI is InChI=1S/C20H33NOS2/c1-8-15-10-16(9-2)12-17(11-15)13-23-24-20(5,6)14-19(3,4)18(22)21-7/h10-12H,8-9,13-14H2,1-7H3,(H,21,22). The summed E-state index contributed by atoms with van der Waals surface area (Å²) in [5, 5.41) is 2.78. The van der Waals surface area contributed by atoms with E-state index in [4.69, 9.17) is 0 Å². The summed E-state index contributed by atoms with van der Waals surface area (Å²) in [5.41, 5.74) is 3.92. The molecule has 0 aliphatic carbocycles. The highest BCUT2D eigenvalue weighted by molar-refractivity contribution is 8.76. The molecule has 1 rings (SSSR count). The summed E-state index contributed by atoms with van der Waals surface area (Å²) in [6, 6.07) is 6.97. The highest BCUT2D eigenvalue weighted by atomic mass is 33.1. The van der Waals surface area contributed by atoms with E-state index in [1.807, 2.05) is 35.4 Å². The minimum atomic E-state index is -0.344. The van der Waals surface area contributed by atoms with Crippen LogP contribution in [0.1, 0.15) is 64.7 Å². The molecule has 1 aromatic rings. The van der Waals surface area contributed by atoms with E-state index in [1.54, 1.807) is 7.05 Å². The first-order chi connectivity index (χ1) is 11.1. The largest absolute Gasteiger partial charge is 0.359 e. The summed E-state index contributed by atoms with van der Waals surface area (Å²) in [6.45, 7) is 12.9. The SMILES string of the molecule is CCc1cc(CC)cc(CSSC(C)(C)CC(C)(C)C(=O)NC)c1. The van der Waals surface area contributed by atoms with Crippen LogP contribution in [0.15, 0.2) is 18.2 Å². The van der Waals surface area contributed by atoms with Gasteiger partial charge >= 0.3 is 0 Å². The molecular weight excluding hydrogens is 334 g/mol. The quantitative estimate of drug-likeness (QED) is 0.573. The zero-order valence-electron chi connectivity index (χ0n) is 16.3. The molecule has 0 heterocycles. The maximum Gasteiger partial charge on any atom is 0.225 e. The number of nitrogens with one attached hydrogen (secondary N) is 1. The van der Waals surface area contributed by atoms with Crippen molar-refractivity contribution in [1.29, 1.82) is 0 Å². The molecule has 0 radical (unpaired) electrons. The van der Waals surface area contributed by atoms with Gasteiger partial charge in [0, 0.05) is 23.0 Å². The van der Waals surface area contributed by atoms with Gasteiger partial charge in [-0.3, -0.25) is 4.79 Å². The summed E-state index contributed by atoms with van der Waals surface area (Å²) in [4.78, 5) is 12.0. The highest BCUT2D eigenvalue weighted by Gasteiger charge is 2.34. The topological polar surface area (TPSA) is 29.1 Å². The van der Waals surface area contributed by atoms with Crippen LogP contribution in [0.5, 0.6) is 0 Å². The maximum atomic E-state index is 12.0. The first-order valence-corrected chi connectivity index (χ1v) is 11.1. The lowest BCUT2D eigenvalue weighted by molar-refractivity contribution is -0.129. The van der Waals surface area contributed by atoms with Crippen molar-refractivity contribution in [2.75, 3.05) is 7.05 Å². The van der Waals surface area contributed by atoms with Gasteiger partial charge in [0.1, 0.15) is 0 Å². The molecule has 4 heteroatoms. The van der Waals surface area contributed by atoms with Gasteiger partial charge < -0.3 is 5.32 Å². The summed E-state index contributed by atoms with van der Waals surface area (Å²) in [5.74, 6) is 1.12. The van der Waals surface area contributed by atoms with Crippen molar-refractivity contribution in [2.24, 2.45) is 5.41 Å². The van der Waals surface area contributed by atoms with Gasteiger partial charge in [-0.05, 0) is 49.8 Å². The van der Waals surface area contributed by atoms with E-state index in [9.17, 15) is 4.79 Å². The number of rotatable bonds is 9. The molecule has 1 amide bonds. The molecule has 0 fully saturated rings. The molecule has 136 valence electrons. The lowest BCUT2D eigenvalue weighted by Crippen LogP contribution is -2.38. The van der Waals surface area contributed by atoms with Crippen LogP contribution in [0.4, 0.5) is 0 Å². The normalized spacial score (nSPS) is 12.3. The lowest BCUT2D eigenvalue weighted by Gasteiger charge is -2.32. The second-order valence-electron chi connectivity index (χ2n) is 7.61. The Morgan fingerprint density at radius 2 is 1.50 bits per heavy atom. The molecule has 2 nitrogen and oxygen atoms in total. The van der Waals surface area contributed by atoms with Gasteiger partial charge in [0.15, 0.2) is 0 Å². The Balaban J connectivity index is 2.64. The molecule has 1 N–H and O–H groups in total. The molecule has 0 saturated heterocycles. The lowest BCUT2D eigenvalue weighted by atomic mass is 9.83. The highest BCUT2D eigenvalue weighted by Crippen LogP contribution is 2.44. The Morgan fingerprint density at radius 1 is 1.00 bits per heavy atom. The van der Waals surface area contributed by atoms with Gasteiger partial charge in [0.2, 0.25) is 5.91 Å². The number of amides is 1. The first kappa shape index (κ1) is 21.4. The molecule has 0 aliphatic heterocycles. The second kappa shape index (κ2) is 9.19. The number of carbonyl (C=O) groups is 1.